The molecule has 1 aromatic heterocycles. The number of hydrogen-bond donors (Lipinski definition) is 1. The molecule has 0 aliphatic carbocycles. The van der Waals surface area contributed by atoms with Gasteiger partial charge in [0.15, 0.2) is 0 Å². The molecule has 0 amide bonds. The van der Waals surface area contributed by atoms with Crippen molar-refractivity contribution in [2.45, 2.75) is 0 Å². The molecule has 0 fully saturated rings. The van der Waals surface area contributed by atoms with Crippen molar-refractivity contribution >= 4 is 34.8 Å². The molecule has 136 valence electrons. The molecule has 0 saturated carbocycles. The van der Waals surface area contributed by atoms with Gasteiger partial charge in [0.1, 0.15) is 34.2 Å². The number of allylic oxidation sites excluding steroid dienone is 1. The molecule has 0 saturated heterocycles. The first-order chi connectivity index (χ1) is 13.5. The molecular weight excluding hydrogens is 380 g/mol. The maximum Gasteiger partial charge on any atom is 0.288 e. The van der Waals surface area contributed by atoms with Crippen LogP contribution in [0.4, 0.5) is 11.5 Å². The zero-order valence-corrected chi connectivity index (χ0v) is 15.0. The average molecular weight is 391 g/mol. The summed E-state index contributed by atoms with van der Waals surface area (Å²) >= 11 is 5.82. The zero-order chi connectivity index (χ0) is 20.3. The summed E-state index contributed by atoms with van der Waals surface area (Å²) in [5, 5.41) is 34.4. The Labute approximate surface area is 164 Å². The van der Waals surface area contributed by atoms with Gasteiger partial charge in [0.2, 0.25) is 0 Å². The quantitative estimate of drug-likeness (QED) is 0.407. The average Bonchev–Trinajstić information content (AvgIpc) is 3.03. The number of rotatable bonds is 4. The van der Waals surface area contributed by atoms with Crippen LogP contribution >= 0.6 is 11.6 Å². The van der Waals surface area contributed by atoms with Gasteiger partial charge in [-0.3, -0.25) is 10.1 Å². The van der Waals surface area contributed by atoms with E-state index in [9.17, 15) is 20.6 Å². The highest BCUT2D eigenvalue weighted by molar-refractivity contribution is 6.32. The summed E-state index contributed by atoms with van der Waals surface area (Å²) in [6, 6.07) is 17.0. The Kier molecular flexibility index (Phi) is 5.07. The highest BCUT2D eigenvalue weighted by atomic mass is 35.5. The van der Waals surface area contributed by atoms with Crippen LogP contribution in [0.15, 0.2) is 48.5 Å². The smallest absolute Gasteiger partial charge is 0.288 e. The third-order valence-corrected chi connectivity index (χ3v) is 4.21. The van der Waals surface area contributed by atoms with Crippen molar-refractivity contribution in [3.63, 3.8) is 0 Å². The number of nitrogens with two attached hydrogens (primary N) is 1. The first kappa shape index (κ1) is 18.6. The van der Waals surface area contributed by atoms with Gasteiger partial charge in [-0.2, -0.15) is 15.6 Å². The van der Waals surface area contributed by atoms with Crippen LogP contribution in [0, 0.1) is 32.8 Å². The molecule has 3 rings (SSSR count). The Balaban J connectivity index is 2.15. The van der Waals surface area contributed by atoms with Crippen molar-refractivity contribution in [2.75, 3.05) is 5.73 Å². The lowest BCUT2D eigenvalue weighted by Crippen LogP contribution is -2.02. The van der Waals surface area contributed by atoms with E-state index in [1.54, 1.807) is 24.3 Å². The molecular formula is C19H11ClN6O2. The Morgan fingerprint density at radius 1 is 1.25 bits per heavy atom. The van der Waals surface area contributed by atoms with E-state index in [4.69, 9.17) is 17.3 Å². The second kappa shape index (κ2) is 7.62. The van der Waals surface area contributed by atoms with E-state index in [1.807, 2.05) is 18.2 Å². The minimum Gasteiger partial charge on any atom is -0.382 e. The minimum atomic E-state index is -0.617. The molecule has 0 aliphatic heterocycles. The van der Waals surface area contributed by atoms with Gasteiger partial charge in [-0.15, -0.1) is 0 Å². The molecule has 9 heteroatoms. The van der Waals surface area contributed by atoms with E-state index in [2.05, 4.69) is 5.10 Å². The first-order valence-corrected chi connectivity index (χ1v) is 8.24. The van der Waals surface area contributed by atoms with Crippen LogP contribution in [0.5, 0.6) is 0 Å². The number of nitro groups is 1. The molecule has 3 aromatic rings. The van der Waals surface area contributed by atoms with E-state index in [0.717, 1.165) is 0 Å². The summed E-state index contributed by atoms with van der Waals surface area (Å²) in [4.78, 5) is 10.4. The number of anilines is 1. The fourth-order valence-electron chi connectivity index (χ4n) is 2.58. The third kappa shape index (κ3) is 3.40. The normalized spacial score (nSPS) is 10.9. The Morgan fingerprint density at radius 2 is 1.96 bits per heavy atom. The lowest BCUT2D eigenvalue weighted by Gasteiger charge is -2.02. The second-order valence-corrected chi connectivity index (χ2v) is 6.01. The lowest BCUT2D eigenvalue weighted by molar-refractivity contribution is -0.384. The highest BCUT2D eigenvalue weighted by Crippen LogP contribution is 2.29. The summed E-state index contributed by atoms with van der Waals surface area (Å²) in [7, 11) is 0. The maximum absolute atomic E-state index is 11.1. The third-order valence-electron chi connectivity index (χ3n) is 3.89. The Hall–Kier alpha value is -4.14. The Bertz CT molecular complexity index is 1190. The van der Waals surface area contributed by atoms with E-state index in [1.165, 1.54) is 29.0 Å². The van der Waals surface area contributed by atoms with Crippen molar-refractivity contribution in [1.29, 1.82) is 10.5 Å². The maximum atomic E-state index is 11.1. The minimum absolute atomic E-state index is 0.0176. The summed E-state index contributed by atoms with van der Waals surface area (Å²) < 4.78 is 1.36. The largest absolute Gasteiger partial charge is 0.382 e. The van der Waals surface area contributed by atoms with Gasteiger partial charge >= 0.3 is 0 Å². The number of nitrogen functional groups attached to an aromatic ring is 1. The van der Waals surface area contributed by atoms with Gasteiger partial charge in [0.05, 0.1) is 16.2 Å². The van der Waals surface area contributed by atoms with Crippen LogP contribution in [0.2, 0.25) is 5.02 Å². The molecule has 0 spiro atoms. The van der Waals surface area contributed by atoms with Gasteiger partial charge in [0.25, 0.3) is 5.69 Å². The predicted octanol–water partition coefficient (Wildman–Crippen LogP) is 3.95. The number of hydrogen-bond acceptors (Lipinski definition) is 6. The molecule has 2 N–H and O–H groups in total. The van der Waals surface area contributed by atoms with Gasteiger partial charge in [-0.25, -0.2) is 4.68 Å². The van der Waals surface area contributed by atoms with Crippen LogP contribution in [0.1, 0.15) is 16.8 Å². The van der Waals surface area contributed by atoms with Crippen LogP contribution < -0.4 is 5.73 Å². The van der Waals surface area contributed by atoms with Gasteiger partial charge in [-0.1, -0.05) is 35.9 Å². The number of nitriles is 2. The van der Waals surface area contributed by atoms with Crippen LogP contribution in [-0.4, -0.2) is 14.7 Å². The summed E-state index contributed by atoms with van der Waals surface area (Å²) in [6.07, 6.45) is 1.39. The summed E-state index contributed by atoms with van der Waals surface area (Å²) in [6.45, 7) is 0. The standard InChI is InChI=1S/C19H11ClN6O2/c20-16-7-6-12(9-17(16)26(27)28)8-13(10-21)18-15(11-22)19(23)25(24-18)14-4-2-1-3-5-14/h1-9H,23H2/b13-8+. The zero-order valence-electron chi connectivity index (χ0n) is 14.2. The number of halogens is 1. The van der Waals surface area contributed by atoms with Crippen molar-refractivity contribution in [2.24, 2.45) is 0 Å². The molecule has 0 atom stereocenters. The van der Waals surface area contributed by atoms with Crippen LogP contribution in [-0.2, 0) is 0 Å². The van der Waals surface area contributed by atoms with Crippen molar-refractivity contribution < 1.29 is 4.92 Å². The van der Waals surface area contributed by atoms with Crippen molar-refractivity contribution in [3.8, 4) is 17.8 Å². The highest BCUT2D eigenvalue weighted by Gasteiger charge is 2.20. The molecule has 0 bridgehead atoms. The molecule has 0 radical (unpaired) electrons. The van der Waals surface area contributed by atoms with E-state index in [-0.39, 0.29) is 33.4 Å². The van der Waals surface area contributed by atoms with Gasteiger partial charge in [-0.05, 0) is 29.8 Å². The number of nitrogens with zero attached hydrogens (tertiary/aromatic N) is 5. The summed E-state index contributed by atoms with van der Waals surface area (Å²) in [5.41, 5.74) is 6.92. The number of para-hydroxylation sites is 1. The topological polar surface area (TPSA) is 135 Å². The lowest BCUT2D eigenvalue weighted by atomic mass is 10.1. The van der Waals surface area contributed by atoms with E-state index in [0.29, 0.717) is 11.3 Å². The number of nitro benzene ring substituents is 1. The molecule has 0 unspecified atom stereocenters. The van der Waals surface area contributed by atoms with E-state index < -0.39 is 4.92 Å². The monoisotopic (exact) mass is 390 g/mol. The molecule has 1 heterocycles. The Morgan fingerprint density at radius 3 is 2.57 bits per heavy atom. The van der Waals surface area contributed by atoms with Crippen molar-refractivity contribution in [1.82, 2.24) is 9.78 Å². The first-order valence-electron chi connectivity index (χ1n) is 7.86. The molecule has 28 heavy (non-hydrogen) atoms. The number of aromatic nitrogens is 2. The molecule has 0 aliphatic rings. The molecule has 8 nitrogen and oxygen atoms in total. The van der Waals surface area contributed by atoms with Crippen LogP contribution in [0.3, 0.4) is 0 Å². The van der Waals surface area contributed by atoms with Crippen LogP contribution in [0.25, 0.3) is 17.3 Å². The molecule has 2 aromatic carbocycles. The SMILES string of the molecule is N#C/C(=C\c1ccc(Cl)c([N+](=O)[O-])c1)c1nn(-c2ccccc2)c(N)c1C#N. The van der Waals surface area contributed by atoms with Gasteiger partial charge in [0, 0.05) is 6.07 Å². The fraction of sp³-hybridized carbons (Fsp3) is 0. The second-order valence-electron chi connectivity index (χ2n) is 5.61. The van der Waals surface area contributed by atoms with Gasteiger partial charge < -0.3 is 5.73 Å². The van der Waals surface area contributed by atoms with Crippen molar-refractivity contribution in [3.05, 3.63) is 80.5 Å². The predicted molar refractivity (Wildman–Crippen MR) is 104 cm³/mol. The fourth-order valence-corrected chi connectivity index (χ4v) is 2.76. The summed E-state index contributed by atoms with van der Waals surface area (Å²) in [5.74, 6) is 0.0898. The number of benzene rings is 2. The van der Waals surface area contributed by atoms with E-state index >= 15 is 0 Å².